The van der Waals surface area contributed by atoms with Crippen LogP contribution in [0.2, 0.25) is 5.02 Å². The number of nitrogens with zero attached hydrogens (tertiary/aromatic N) is 4. The number of hydrogen-bond acceptors (Lipinski definition) is 4. The molecule has 0 radical (unpaired) electrons. The first-order valence-corrected chi connectivity index (χ1v) is 7.57. The van der Waals surface area contributed by atoms with E-state index in [1.165, 1.54) is 22.8 Å². The molecule has 0 N–H and O–H groups in total. The third-order valence-corrected chi connectivity index (χ3v) is 5.00. The van der Waals surface area contributed by atoms with E-state index >= 15 is 0 Å². The Bertz CT molecular complexity index is 696. The van der Waals surface area contributed by atoms with Gasteiger partial charge in [0.05, 0.1) is 4.90 Å². The van der Waals surface area contributed by atoms with Crippen LogP contribution < -0.4 is 4.31 Å². The van der Waals surface area contributed by atoms with Crippen molar-refractivity contribution in [2.45, 2.75) is 17.9 Å². The minimum Gasteiger partial charge on any atom is -0.234 e. The second-order valence-electron chi connectivity index (χ2n) is 4.17. The van der Waals surface area contributed by atoms with Gasteiger partial charge in [0.25, 0.3) is 10.0 Å². The van der Waals surface area contributed by atoms with Crippen LogP contribution in [0.25, 0.3) is 0 Å². The topological polar surface area (TPSA) is 68.1 Å². The maximum absolute atomic E-state index is 12.6. The normalized spacial score (nSPS) is 15.3. The largest absolute Gasteiger partial charge is 0.266 e. The molecular weight excluding hydrogens is 288 g/mol. The Balaban J connectivity index is 2.05. The zero-order valence-corrected chi connectivity index (χ0v) is 11.5. The molecule has 2 aromatic rings. The van der Waals surface area contributed by atoms with Crippen LogP contribution in [0, 0.1) is 0 Å². The maximum atomic E-state index is 12.6. The van der Waals surface area contributed by atoms with Crippen molar-refractivity contribution in [3.63, 3.8) is 0 Å². The summed E-state index contributed by atoms with van der Waals surface area (Å²) in [5.74, 6) is 0.362. The average Bonchev–Trinajstić information content (AvgIpc) is 2.87. The van der Waals surface area contributed by atoms with E-state index in [9.17, 15) is 8.42 Å². The van der Waals surface area contributed by atoms with Crippen LogP contribution in [0.1, 0.15) is 6.42 Å². The summed E-state index contributed by atoms with van der Waals surface area (Å²) in [6, 6.07) is 6.10. The standard InChI is InChI=1S/C11H11ClN4O2S/c12-9-2-4-10(5-3-9)19(17,18)16-7-1-6-15-11(16)13-8-14-15/h2-5,8H,1,6-7H2. The summed E-state index contributed by atoms with van der Waals surface area (Å²) in [5, 5.41) is 4.51. The summed E-state index contributed by atoms with van der Waals surface area (Å²) in [6.45, 7) is 1.09. The number of aromatic nitrogens is 3. The van der Waals surface area contributed by atoms with Crippen molar-refractivity contribution in [1.29, 1.82) is 0 Å². The van der Waals surface area contributed by atoms with Crippen molar-refractivity contribution in [2.24, 2.45) is 0 Å². The third kappa shape index (κ3) is 2.08. The van der Waals surface area contributed by atoms with E-state index in [1.807, 2.05) is 0 Å². The van der Waals surface area contributed by atoms with Crippen LogP contribution in [0.3, 0.4) is 0 Å². The summed E-state index contributed by atoms with van der Waals surface area (Å²) >= 11 is 5.78. The van der Waals surface area contributed by atoms with Gasteiger partial charge in [-0.1, -0.05) is 11.6 Å². The first kappa shape index (κ1) is 12.4. The van der Waals surface area contributed by atoms with E-state index in [0.29, 0.717) is 30.5 Å². The minimum absolute atomic E-state index is 0.202. The van der Waals surface area contributed by atoms with Crippen molar-refractivity contribution in [2.75, 3.05) is 10.8 Å². The summed E-state index contributed by atoms with van der Waals surface area (Å²) in [7, 11) is -3.61. The first-order valence-electron chi connectivity index (χ1n) is 5.75. The quantitative estimate of drug-likeness (QED) is 0.843. The molecule has 1 aliphatic rings. The SMILES string of the molecule is O=S(=O)(c1ccc(Cl)cc1)N1CCCn2ncnc21. The van der Waals surface area contributed by atoms with Gasteiger partial charge in [-0.15, -0.1) is 0 Å². The summed E-state index contributed by atoms with van der Waals surface area (Å²) < 4.78 is 28.0. The monoisotopic (exact) mass is 298 g/mol. The molecule has 1 aromatic carbocycles. The Morgan fingerprint density at radius 1 is 1.16 bits per heavy atom. The van der Waals surface area contributed by atoms with Crippen LogP contribution in [0.15, 0.2) is 35.5 Å². The molecule has 0 amide bonds. The first-order chi connectivity index (χ1) is 9.09. The van der Waals surface area contributed by atoms with Gasteiger partial charge in [0.15, 0.2) is 0 Å². The van der Waals surface area contributed by atoms with Crippen LogP contribution in [0.4, 0.5) is 5.95 Å². The summed E-state index contributed by atoms with van der Waals surface area (Å²) in [6.07, 6.45) is 2.08. The molecule has 0 unspecified atom stereocenters. The van der Waals surface area contributed by atoms with Gasteiger partial charge in [-0.05, 0) is 30.7 Å². The van der Waals surface area contributed by atoms with Crippen LogP contribution in [0.5, 0.6) is 0 Å². The highest BCUT2D eigenvalue weighted by Gasteiger charge is 2.30. The molecule has 6 nitrogen and oxygen atoms in total. The van der Waals surface area contributed by atoms with Crippen molar-refractivity contribution in [3.05, 3.63) is 35.6 Å². The number of aryl methyl sites for hydroxylation is 1. The highest BCUT2D eigenvalue weighted by atomic mass is 35.5. The molecule has 1 aliphatic heterocycles. The predicted octanol–water partition coefficient (Wildman–Crippen LogP) is 1.53. The van der Waals surface area contributed by atoms with Crippen LogP contribution >= 0.6 is 11.6 Å². The van der Waals surface area contributed by atoms with E-state index in [4.69, 9.17) is 11.6 Å². The number of anilines is 1. The van der Waals surface area contributed by atoms with E-state index in [0.717, 1.165) is 0 Å². The molecular formula is C11H11ClN4O2S. The average molecular weight is 299 g/mol. The second kappa shape index (κ2) is 4.50. The molecule has 0 bridgehead atoms. The zero-order valence-electron chi connectivity index (χ0n) is 9.90. The van der Waals surface area contributed by atoms with Gasteiger partial charge in [-0.2, -0.15) is 10.1 Å². The Labute approximate surface area is 115 Å². The fourth-order valence-electron chi connectivity index (χ4n) is 2.03. The lowest BCUT2D eigenvalue weighted by Crippen LogP contribution is -2.38. The van der Waals surface area contributed by atoms with Crippen molar-refractivity contribution in [1.82, 2.24) is 14.8 Å². The number of hydrogen-bond donors (Lipinski definition) is 0. The van der Waals surface area contributed by atoms with E-state index in [-0.39, 0.29) is 4.90 Å². The molecule has 0 saturated carbocycles. The van der Waals surface area contributed by atoms with Crippen LogP contribution in [-0.4, -0.2) is 29.7 Å². The fraction of sp³-hybridized carbons (Fsp3) is 0.273. The van der Waals surface area contributed by atoms with Crippen LogP contribution in [-0.2, 0) is 16.6 Å². The Morgan fingerprint density at radius 3 is 2.63 bits per heavy atom. The molecule has 8 heteroatoms. The van der Waals surface area contributed by atoms with Gasteiger partial charge in [-0.25, -0.2) is 17.4 Å². The highest BCUT2D eigenvalue weighted by Crippen LogP contribution is 2.25. The highest BCUT2D eigenvalue weighted by molar-refractivity contribution is 7.92. The van der Waals surface area contributed by atoms with Gasteiger partial charge in [0.1, 0.15) is 6.33 Å². The molecule has 1 aromatic heterocycles. The number of halogens is 1. The lowest BCUT2D eigenvalue weighted by molar-refractivity contribution is 0.529. The molecule has 100 valence electrons. The number of fused-ring (bicyclic) bond motifs is 1. The molecule has 19 heavy (non-hydrogen) atoms. The number of sulfonamides is 1. The molecule has 0 fully saturated rings. The van der Waals surface area contributed by atoms with Crippen molar-refractivity contribution >= 4 is 27.6 Å². The lowest BCUT2D eigenvalue weighted by Gasteiger charge is -2.27. The van der Waals surface area contributed by atoms with E-state index < -0.39 is 10.0 Å². The van der Waals surface area contributed by atoms with E-state index in [2.05, 4.69) is 10.1 Å². The lowest BCUT2D eigenvalue weighted by atomic mass is 10.4. The Kier molecular flexibility index (Phi) is 2.94. The van der Waals surface area contributed by atoms with Gasteiger partial charge < -0.3 is 0 Å². The Morgan fingerprint density at radius 2 is 1.89 bits per heavy atom. The summed E-state index contributed by atoms with van der Waals surface area (Å²) in [4.78, 5) is 4.22. The molecule has 2 heterocycles. The zero-order chi connectivity index (χ0) is 13.5. The van der Waals surface area contributed by atoms with Crippen molar-refractivity contribution < 1.29 is 8.42 Å². The fourth-order valence-corrected chi connectivity index (χ4v) is 3.62. The van der Waals surface area contributed by atoms with Gasteiger partial charge in [0, 0.05) is 18.1 Å². The van der Waals surface area contributed by atoms with E-state index in [1.54, 1.807) is 16.8 Å². The maximum Gasteiger partial charge on any atom is 0.266 e. The molecule has 3 rings (SSSR count). The molecule has 0 saturated heterocycles. The number of rotatable bonds is 2. The van der Waals surface area contributed by atoms with Crippen molar-refractivity contribution in [3.8, 4) is 0 Å². The van der Waals surface area contributed by atoms with Gasteiger partial charge in [-0.3, -0.25) is 0 Å². The summed E-state index contributed by atoms with van der Waals surface area (Å²) in [5.41, 5.74) is 0. The molecule has 0 atom stereocenters. The minimum atomic E-state index is -3.61. The third-order valence-electron chi connectivity index (χ3n) is 2.95. The Hall–Kier alpha value is -1.60. The predicted molar refractivity (Wildman–Crippen MR) is 70.6 cm³/mol. The van der Waals surface area contributed by atoms with Gasteiger partial charge >= 0.3 is 0 Å². The molecule has 0 spiro atoms. The smallest absolute Gasteiger partial charge is 0.234 e. The molecule has 0 aliphatic carbocycles. The van der Waals surface area contributed by atoms with Gasteiger partial charge in [0.2, 0.25) is 5.95 Å². The second-order valence-corrected chi connectivity index (χ2v) is 6.47. The number of benzene rings is 1.